The number of nitrogens with one attached hydrogen (secondary N) is 1. The van der Waals surface area contributed by atoms with E-state index in [0.717, 1.165) is 11.1 Å². The summed E-state index contributed by atoms with van der Waals surface area (Å²) >= 11 is 5.27. The Bertz CT molecular complexity index is 978. The minimum Gasteiger partial charge on any atom is -0.340 e. The Hall–Kier alpha value is -2.80. The van der Waals surface area contributed by atoms with Crippen molar-refractivity contribution in [3.63, 3.8) is 0 Å². The van der Waals surface area contributed by atoms with E-state index in [1.54, 1.807) is 29.8 Å². The van der Waals surface area contributed by atoms with E-state index in [0.29, 0.717) is 16.2 Å². The molecule has 0 radical (unpaired) electrons. The summed E-state index contributed by atoms with van der Waals surface area (Å²) in [6.45, 7) is 2.22. The number of halogens is 1. The first kappa shape index (κ1) is 18.0. The van der Waals surface area contributed by atoms with E-state index in [1.807, 2.05) is 31.2 Å². The van der Waals surface area contributed by atoms with Crippen LogP contribution in [-0.4, -0.2) is 32.6 Å². The van der Waals surface area contributed by atoms with Crippen LogP contribution in [0.2, 0.25) is 0 Å². The molecule has 1 aromatic heterocycles. The number of amides is 1. The van der Waals surface area contributed by atoms with Crippen molar-refractivity contribution in [2.45, 2.75) is 20.0 Å². The number of nitrogens with zero attached hydrogens (tertiary/aromatic N) is 3. The molecule has 0 aliphatic rings. The van der Waals surface area contributed by atoms with Crippen LogP contribution in [0.15, 0.2) is 48.5 Å². The van der Waals surface area contributed by atoms with Gasteiger partial charge in [-0.2, -0.15) is 5.10 Å². The van der Waals surface area contributed by atoms with E-state index < -0.39 is 0 Å². The fourth-order valence-electron chi connectivity index (χ4n) is 2.61. The zero-order valence-electron chi connectivity index (χ0n) is 14.6. The van der Waals surface area contributed by atoms with Gasteiger partial charge in [0.1, 0.15) is 12.4 Å². The van der Waals surface area contributed by atoms with Crippen molar-refractivity contribution in [3.8, 4) is 11.4 Å². The minimum atomic E-state index is -0.326. The Morgan fingerprint density at radius 1 is 1.23 bits per heavy atom. The van der Waals surface area contributed by atoms with Crippen LogP contribution >= 0.6 is 12.2 Å². The van der Waals surface area contributed by atoms with Gasteiger partial charge in [-0.3, -0.25) is 14.5 Å². The van der Waals surface area contributed by atoms with E-state index in [9.17, 15) is 9.18 Å². The van der Waals surface area contributed by atoms with Gasteiger partial charge in [-0.15, -0.1) is 0 Å². The van der Waals surface area contributed by atoms with Crippen LogP contribution in [0.3, 0.4) is 0 Å². The minimum absolute atomic E-state index is 0.0312. The van der Waals surface area contributed by atoms with Gasteiger partial charge in [0.05, 0.1) is 0 Å². The second kappa shape index (κ2) is 7.61. The van der Waals surface area contributed by atoms with Crippen molar-refractivity contribution >= 4 is 18.1 Å². The quantitative estimate of drug-likeness (QED) is 0.697. The third-order valence-electron chi connectivity index (χ3n) is 4.15. The molecular formula is C19H19FN4OS. The van der Waals surface area contributed by atoms with E-state index in [-0.39, 0.29) is 24.8 Å². The molecule has 0 saturated carbocycles. The molecule has 0 spiro atoms. The number of benzene rings is 2. The number of aromatic amines is 1. The number of hydrogen-bond donors (Lipinski definition) is 1. The number of likely N-dealkylation sites (N-methyl/N-ethyl adjacent to an activating group) is 1. The molecule has 0 unspecified atom stereocenters. The standard InChI is InChI=1S/C19H19FN4OS/c1-13-7-9-14(10-8-13)18-21-22-19(26)24(18)12-17(25)23(2)11-15-5-3-4-6-16(15)20/h3-10H,11-12H2,1-2H3,(H,22,26). The highest BCUT2D eigenvalue weighted by molar-refractivity contribution is 7.71. The summed E-state index contributed by atoms with van der Waals surface area (Å²) in [5, 5.41) is 6.98. The highest BCUT2D eigenvalue weighted by Crippen LogP contribution is 2.18. The van der Waals surface area contributed by atoms with Crippen molar-refractivity contribution in [1.29, 1.82) is 0 Å². The van der Waals surface area contributed by atoms with Gasteiger partial charge in [0.2, 0.25) is 5.91 Å². The lowest BCUT2D eigenvalue weighted by Gasteiger charge is -2.18. The third kappa shape index (κ3) is 3.88. The Labute approximate surface area is 156 Å². The van der Waals surface area contributed by atoms with Gasteiger partial charge in [-0.25, -0.2) is 4.39 Å². The number of aryl methyl sites for hydroxylation is 1. The van der Waals surface area contributed by atoms with Crippen molar-refractivity contribution in [1.82, 2.24) is 19.7 Å². The summed E-state index contributed by atoms with van der Waals surface area (Å²) in [6, 6.07) is 14.2. The van der Waals surface area contributed by atoms with Gasteiger partial charge in [0.25, 0.3) is 0 Å². The van der Waals surface area contributed by atoms with Gasteiger partial charge < -0.3 is 4.90 Å². The maximum absolute atomic E-state index is 13.8. The first-order chi connectivity index (χ1) is 12.5. The van der Waals surface area contributed by atoms with E-state index >= 15 is 0 Å². The number of rotatable bonds is 5. The highest BCUT2D eigenvalue weighted by Gasteiger charge is 2.16. The van der Waals surface area contributed by atoms with E-state index in [4.69, 9.17) is 12.2 Å². The maximum Gasteiger partial charge on any atom is 0.242 e. The van der Waals surface area contributed by atoms with Crippen molar-refractivity contribution < 1.29 is 9.18 Å². The van der Waals surface area contributed by atoms with E-state index in [1.165, 1.54) is 11.0 Å². The number of carbonyl (C=O) groups excluding carboxylic acids is 1. The van der Waals surface area contributed by atoms with Crippen LogP contribution in [0.4, 0.5) is 4.39 Å². The zero-order chi connectivity index (χ0) is 18.7. The maximum atomic E-state index is 13.8. The molecule has 7 heteroatoms. The summed E-state index contributed by atoms with van der Waals surface area (Å²) in [4.78, 5) is 14.1. The molecule has 0 fully saturated rings. The summed E-state index contributed by atoms with van der Waals surface area (Å²) in [5.74, 6) is 0.0918. The summed E-state index contributed by atoms with van der Waals surface area (Å²) in [5.41, 5.74) is 2.47. The third-order valence-corrected chi connectivity index (χ3v) is 4.46. The first-order valence-electron chi connectivity index (χ1n) is 8.15. The molecule has 0 bridgehead atoms. The molecule has 0 atom stereocenters. The average Bonchev–Trinajstić information content (AvgIpc) is 2.98. The Balaban J connectivity index is 1.79. The number of hydrogen-bond acceptors (Lipinski definition) is 3. The summed E-state index contributed by atoms with van der Waals surface area (Å²) in [7, 11) is 1.64. The largest absolute Gasteiger partial charge is 0.340 e. The van der Waals surface area contributed by atoms with Crippen LogP contribution in [-0.2, 0) is 17.9 Å². The molecule has 3 rings (SSSR count). The van der Waals surface area contributed by atoms with Crippen LogP contribution < -0.4 is 0 Å². The molecule has 5 nitrogen and oxygen atoms in total. The second-order valence-corrected chi connectivity index (χ2v) is 6.53. The molecule has 0 aliphatic heterocycles. The molecule has 1 heterocycles. The Morgan fingerprint density at radius 2 is 1.92 bits per heavy atom. The second-order valence-electron chi connectivity index (χ2n) is 6.15. The smallest absolute Gasteiger partial charge is 0.242 e. The fraction of sp³-hybridized carbons (Fsp3) is 0.211. The van der Waals surface area contributed by atoms with Crippen LogP contribution in [0, 0.1) is 17.5 Å². The van der Waals surface area contributed by atoms with Crippen LogP contribution in [0.25, 0.3) is 11.4 Å². The lowest BCUT2D eigenvalue weighted by atomic mass is 10.1. The normalized spacial score (nSPS) is 10.7. The number of H-pyrrole nitrogens is 1. The molecule has 26 heavy (non-hydrogen) atoms. The molecule has 1 N–H and O–H groups in total. The van der Waals surface area contributed by atoms with Gasteiger partial charge in [0, 0.05) is 24.7 Å². The van der Waals surface area contributed by atoms with Gasteiger partial charge in [-0.05, 0) is 25.2 Å². The Kier molecular flexibility index (Phi) is 5.27. The average molecular weight is 370 g/mol. The molecule has 0 aliphatic carbocycles. The van der Waals surface area contributed by atoms with Gasteiger partial charge in [0.15, 0.2) is 10.6 Å². The number of carbonyl (C=O) groups is 1. The predicted molar refractivity (Wildman–Crippen MR) is 100 cm³/mol. The topological polar surface area (TPSA) is 53.9 Å². The highest BCUT2D eigenvalue weighted by atomic mass is 32.1. The molecule has 0 saturated heterocycles. The van der Waals surface area contributed by atoms with Crippen molar-refractivity contribution in [2.75, 3.05) is 7.05 Å². The predicted octanol–water partition coefficient (Wildman–Crippen LogP) is 3.71. The number of aromatic nitrogens is 3. The molecule has 2 aromatic carbocycles. The zero-order valence-corrected chi connectivity index (χ0v) is 15.4. The van der Waals surface area contributed by atoms with Crippen molar-refractivity contribution in [2.24, 2.45) is 0 Å². The lowest BCUT2D eigenvalue weighted by Crippen LogP contribution is -2.30. The van der Waals surface area contributed by atoms with Crippen molar-refractivity contribution in [3.05, 3.63) is 70.2 Å². The monoisotopic (exact) mass is 370 g/mol. The Morgan fingerprint density at radius 3 is 2.62 bits per heavy atom. The molecule has 1 amide bonds. The summed E-state index contributed by atoms with van der Waals surface area (Å²) < 4.78 is 15.8. The van der Waals surface area contributed by atoms with E-state index in [2.05, 4.69) is 10.2 Å². The fourth-order valence-corrected chi connectivity index (χ4v) is 2.81. The SMILES string of the molecule is Cc1ccc(-c2n[nH]c(=S)n2CC(=O)N(C)Cc2ccccc2F)cc1. The molecular weight excluding hydrogens is 351 g/mol. The van der Waals surface area contributed by atoms with Gasteiger partial charge >= 0.3 is 0 Å². The molecule has 134 valence electrons. The van der Waals surface area contributed by atoms with Crippen LogP contribution in [0.1, 0.15) is 11.1 Å². The summed E-state index contributed by atoms with van der Waals surface area (Å²) in [6.07, 6.45) is 0. The first-order valence-corrected chi connectivity index (χ1v) is 8.56. The van der Waals surface area contributed by atoms with Gasteiger partial charge in [-0.1, -0.05) is 48.0 Å². The van der Waals surface area contributed by atoms with Crippen LogP contribution in [0.5, 0.6) is 0 Å². The molecule has 3 aromatic rings. The lowest BCUT2D eigenvalue weighted by molar-refractivity contribution is -0.131.